The van der Waals surface area contributed by atoms with Crippen molar-refractivity contribution in [3.8, 4) is 12.3 Å². The Morgan fingerprint density at radius 3 is 1.89 bits per heavy atom. The lowest BCUT2D eigenvalue weighted by atomic mass is 9.98. The third kappa shape index (κ3) is 7.54. The van der Waals surface area contributed by atoms with E-state index >= 15 is 0 Å². The van der Waals surface area contributed by atoms with E-state index in [4.69, 9.17) is 34.8 Å². The number of hydrogen-bond acceptors (Lipinski definition) is 10. The van der Waals surface area contributed by atoms with Gasteiger partial charge in [-0.3, -0.25) is 19.2 Å². The summed E-state index contributed by atoms with van der Waals surface area (Å²) in [6, 6.07) is 0. The molecule has 1 saturated heterocycles. The van der Waals surface area contributed by atoms with E-state index in [0.717, 1.165) is 20.8 Å². The molecule has 156 valence electrons. The number of terminal acetylenes is 1. The van der Waals surface area contributed by atoms with E-state index < -0.39 is 54.6 Å². The van der Waals surface area contributed by atoms with Gasteiger partial charge in [0, 0.05) is 34.1 Å². The Morgan fingerprint density at radius 2 is 1.39 bits per heavy atom. The third-order valence-corrected chi connectivity index (χ3v) is 3.48. The van der Waals surface area contributed by atoms with E-state index in [9.17, 15) is 19.2 Å². The fourth-order valence-electron chi connectivity index (χ4n) is 2.56. The van der Waals surface area contributed by atoms with Crippen LogP contribution >= 0.6 is 0 Å². The highest BCUT2D eigenvalue weighted by molar-refractivity contribution is 5.68. The molecule has 10 heteroatoms. The molecule has 0 unspecified atom stereocenters. The number of rotatable bonds is 8. The van der Waals surface area contributed by atoms with Gasteiger partial charge in [-0.2, -0.15) is 0 Å². The quantitative estimate of drug-likeness (QED) is 0.240. The smallest absolute Gasteiger partial charge is 0.303 e. The average Bonchev–Trinajstić information content (AvgIpc) is 2.57. The van der Waals surface area contributed by atoms with Gasteiger partial charge in [0.2, 0.25) is 0 Å². The molecule has 0 saturated carbocycles. The summed E-state index contributed by atoms with van der Waals surface area (Å²) in [7, 11) is 0. The number of esters is 4. The van der Waals surface area contributed by atoms with Crippen molar-refractivity contribution in [2.75, 3.05) is 13.2 Å². The fraction of sp³-hybridized carbons (Fsp3) is 0.667. The van der Waals surface area contributed by atoms with Crippen LogP contribution in [0.1, 0.15) is 34.1 Å². The van der Waals surface area contributed by atoms with Crippen molar-refractivity contribution in [1.82, 2.24) is 0 Å². The Labute approximate surface area is 162 Å². The molecule has 0 spiro atoms. The van der Waals surface area contributed by atoms with E-state index in [1.165, 1.54) is 6.92 Å². The van der Waals surface area contributed by atoms with Crippen molar-refractivity contribution in [3.05, 3.63) is 0 Å². The van der Waals surface area contributed by atoms with Crippen LogP contribution in [0, 0.1) is 12.3 Å². The molecule has 28 heavy (non-hydrogen) atoms. The van der Waals surface area contributed by atoms with Gasteiger partial charge in [0.05, 0.1) is 6.61 Å². The number of ether oxygens (including phenoxy) is 6. The number of hydrogen-bond donors (Lipinski definition) is 0. The fourth-order valence-corrected chi connectivity index (χ4v) is 2.56. The predicted octanol–water partition coefficient (Wildman–Crippen LogP) is 0.109. The summed E-state index contributed by atoms with van der Waals surface area (Å²) in [6.07, 6.45) is -0.505. The van der Waals surface area contributed by atoms with Crippen molar-refractivity contribution < 1.29 is 47.6 Å². The standard InChI is InChI=1S/C18H24O10/c1-6-7-8-23-18-17(27-13(5)22)16(26-12(4)21)15(25-11(3)20)14(28-18)9-24-10(2)19/h1,14-18H,7-9H2,2-5H3/t14-,15-,16+,17-,18-/m1/s1. The van der Waals surface area contributed by atoms with Crippen molar-refractivity contribution in [3.63, 3.8) is 0 Å². The van der Waals surface area contributed by atoms with Crippen LogP contribution in [0.4, 0.5) is 0 Å². The van der Waals surface area contributed by atoms with E-state index in [0.29, 0.717) is 0 Å². The molecular weight excluding hydrogens is 376 g/mol. The van der Waals surface area contributed by atoms with E-state index in [2.05, 4.69) is 5.92 Å². The Balaban J connectivity index is 3.23. The second-order valence-electron chi connectivity index (χ2n) is 5.89. The molecule has 1 rings (SSSR count). The number of carbonyl (C=O) groups is 4. The lowest BCUT2D eigenvalue weighted by Gasteiger charge is -2.44. The molecule has 0 bridgehead atoms. The second kappa shape index (κ2) is 11.3. The number of carbonyl (C=O) groups excluding carboxylic acids is 4. The molecule has 0 aliphatic carbocycles. The Kier molecular flexibility index (Phi) is 9.41. The molecule has 1 aliphatic heterocycles. The molecule has 1 heterocycles. The summed E-state index contributed by atoms with van der Waals surface area (Å²) in [4.78, 5) is 45.9. The Morgan fingerprint density at radius 1 is 0.857 bits per heavy atom. The molecule has 0 amide bonds. The molecule has 0 radical (unpaired) electrons. The SMILES string of the molecule is C#CCCO[C@@H]1O[C@H](COC(C)=O)[C@@H](OC(C)=O)[C@H](OC(C)=O)[C@H]1OC(C)=O. The average molecular weight is 400 g/mol. The molecule has 0 aromatic rings. The highest BCUT2D eigenvalue weighted by Gasteiger charge is 2.52. The monoisotopic (exact) mass is 400 g/mol. The molecule has 5 atom stereocenters. The van der Waals surface area contributed by atoms with Crippen LogP contribution in [0.25, 0.3) is 0 Å². The second-order valence-corrected chi connectivity index (χ2v) is 5.89. The highest BCUT2D eigenvalue weighted by Crippen LogP contribution is 2.30. The molecule has 0 aromatic heterocycles. The van der Waals surface area contributed by atoms with Gasteiger partial charge in [-0.15, -0.1) is 12.3 Å². The maximum absolute atomic E-state index is 11.6. The molecule has 1 aliphatic rings. The lowest BCUT2D eigenvalue weighted by molar-refractivity contribution is -0.307. The van der Waals surface area contributed by atoms with Gasteiger partial charge in [-0.25, -0.2) is 0 Å². The van der Waals surface area contributed by atoms with Gasteiger partial charge in [-0.05, 0) is 0 Å². The van der Waals surface area contributed by atoms with Gasteiger partial charge >= 0.3 is 23.9 Å². The summed E-state index contributed by atoms with van der Waals surface area (Å²) in [5, 5.41) is 0. The Hall–Kier alpha value is -2.64. The van der Waals surface area contributed by atoms with Crippen LogP contribution in [0.2, 0.25) is 0 Å². The lowest BCUT2D eigenvalue weighted by Crippen LogP contribution is -2.63. The molecule has 0 aromatic carbocycles. The van der Waals surface area contributed by atoms with Gasteiger partial charge < -0.3 is 28.4 Å². The summed E-state index contributed by atoms with van der Waals surface area (Å²) >= 11 is 0. The van der Waals surface area contributed by atoms with Crippen LogP contribution in [0.15, 0.2) is 0 Å². The van der Waals surface area contributed by atoms with Gasteiger partial charge in [-0.1, -0.05) is 0 Å². The topological polar surface area (TPSA) is 124 Å². The zero-order valence-electron chi connectivity index (χ0n) is 16.2. The first-order chi connectivity index (χ1) is 13.1. The molecular formula is C18H24O10. The van der Waals surface area contributed by atoms with Crippen LogP contribution in [0.5, 0.6) is 0 Å². The first-order valence-corrected chi connectivity index (χ1v) is 8.51. The minimum absolute atomic E-state index is 0.0598. The van der Waals surface area contributed by atoms with Crippen molar-refractivity contribution in [1.29, 1.82) is 0 Å². The van der Waals surface area contributed by atoms with Crippen molar-refractivity contribution in [2.45, 2.75) is 64.8 Å². The first-order valence-electron chi connectivity index (χ1n) is 8.51. The first kappa shape index (κ1) is 23.4. The normalized spacial score (nSPS) is 26.5. The van der Waals surface area contributed by atoms with E-state index in [1.807, 2.05) is 0 Å². The Bertz CT molecular complexity index is 622. The van der Waals surface area contributed by atoms with E-state index in [-0.39, 0.29) is 19.6 Å². The molecule has 1 fully saturated rings. The van der Waals surface area contributed by atoms with Crippen LogP contribution in [-0.4, -0.2) is 67.8 Å². The zero-order valence-corrected chi connectivity index (χ0v) is 16.2. The van der Waals surface area contributed by atoms with Gasteiger partial charge in [0.1, 0.15) is 12.7 Å². The molecule has 0 N–H and O–H groups in total. The van der Waals surface area contributed by atoms with Crippen LogP contribution in [0.3, 0.4) is 0 Å². The largest absolute Gasteiger partial charge is 0.463 e. The summed E-state index contributed by atoms with van der Waals surface area (Å²) < 4.78 is 31.9. The van der Waals surface area contributed by atoms with Gasteiger partial charge in [0.25, 0.3) is 0 Å². The molecule has 10 nitrogen and oxygen atoms in total. The maximum Gasteiger partial charge on any atom is 0.303 e. The maximum atomic E-state index is 11.6. The van der Waals surface area contributed by atoms with E-state index in [1.54, 1.807) is 0 Å². The zero-order chi connectivity index (χ0) is 21.3. The van der Waals surface area contributed by atoms with Crippen LogP contribution in [-0.2, 0) is 47.6 Å². The predicted molar refractivity (Wildman–Crippen MR) is 91.4 cm³/mol. The highest BCUT2D eigenvalue weighted by atomic mass is 16.7. The minimum atomic E-state index is -1.25. The van der Waals surface area contributed by atoms with Gasteiger partial charge in [0.15, 0.2) is 24.6 Å². The van der Waals surface area contributed by atoms with Crippen LogP contribution < -0.4 is 0 Å². The van der Waals surface area contributed by atoms with Crippen molar-refractivity contribution in [2.24, 2.45) is 0 Å². The third-order valence-electron chi connectivity index (χ3n) is 3.48. The summed E-state index contributed by atoms with van der Waals surface area (Å²) in [5.74, 6) is -0.329. The minimum Gasteiger partial charge on any atom is -0.463 e. The van der Waals surface area contributed by atoms with Crippen molar-refractivity contribution >= 4 is 23.9 Å². The summed E-state index contributed by atoms with van der Waals surface area (Å²) in [5.41, 5.74) is 0. The summed E-state index contributed by atoms with van der Waals surface area (Å²) in [6.45, 7) is 4.37.